The number of carbonyl (C=O) groups excluding carboxylic acids is 1. The fraction of sp³-hybridized carbons (Fsp3) is 0.917. The molecular weight excluding hydrogens is 206 g/mol. The molecule has 0 aliphatic rings. The van der Waals surface area contributed by atoms with Crippen molar-refractivity contribution in [1.82, 2.24) is 5.32 Å². The molecule has 0 aromatic rings. The van der Waals surface area contributed by atoms with Gasteiger partial charge in [0.2, 0.25) is 5.91 Å². The van der Waals surface area contributed by atoms with Gasteiger partial charge in [-0.15, -0.1) is 0 Å². The third-order valence-corrected chi connectivity index (χ3v) is 2.53. The van der Waals surface area contributed by atoms with Gasteiger partial charge in [-0.25, -0.2) is 0 Å². The van der Waals surface area contributed by atoms with Crippen LogP contribution in [-0.4, -0.2) is 38.9 Å². The maximum atomic E-state index is 11.4. The van der Waals surface area contributed by atoms with Crippen LogP contribution in [0.15, 0.2) is 0 Å². The summed E-state index contributed by atoms with van der Waals surface area (Å²) >= 11 is 0. The highest BCUT2D eigenvalue weighted by atomic mass is 16.5. The van der Waals surface area contributed by atoms with Crippen molar-refractivity contribution in [3.8, 4) is 0 Å². The second-order valence-corrected chi connectivity index (χ2v) is 4.26. The summed E-state index contributed by atoms with van der Waals surface area (Å²) in [5, 5.41) is 2.92. The maximum absolute atomic E-state index is 11.4. The van der Waals surface area contributed by atoms with Crippen LogP contribution in [0.4, 0.5) is 0 Å². The van der Waals surface area contributed by atoms with Crippen LogP contribution in [0.2, 0.25) is 0 Å². The minimum absolute atomic E-state index is 0.0492. The number of ether oxygens (including phenoxy) is 2. The van der Waals surface area contributed by atoms with Gasteiger partial charge in [0, 0.05) is 13.2 Å². The SMILES string of the molecule is CCC(C)CC(C)NC(=O)COCCOC. The summed E-state index contributed by atoms with van der Waals surface area (Å²) in [6.45, 7) is 7.48. The molecule has 96 valence electrons. The Hall–Kier alpha value is -0.610. The molecule has 4 nitrogen and oxygen atoms in total. The summed E-state index contributed by atoms with van der Waals surface area (Å²) in [6.07, 6.45) is 2.16. The molecule has 1 amide bonds. The zero-order valence-electron chi connectivity index (χ0n) is 10.9. The fourth-order valence-corrected chi connectivity index (χ4v) is 1.45. The summed E-state index contributed by atoms with van der Waals surface area (Å²) < 4.78 is 9.95. The van der Waals surface area contributed by atoms with Gasteiger partial charge in [-0.1, -0.05) is 20.3 Å². The van der Waals surface area contributed by atoms with Crippen molar-refractivity contribution in [3.05, 3.63) is 0 Å². The summed E-state index contributed by atoms with van der Waals surface area (Å²) in [5.74, 6) is 0.594. The van der Waals surface area contributed by atoms with E-state index in [1.54, 1.807) is 7.11 Å². The summed E-state index contributed by atoms with van der Waals surface area (Å²) in [6, 6.07) is 0.216. The molecule has 4 heteroatoms. The number of nitrogens with one attached hydrogen (secondary N) is 1. The second-order valence-electron chi connectivity index (χ2n) is 4.26. The first-order chi connectivity index (χ1) is 7.60. The van der Waals surface area contributed by atoms with Crippen LogP contribution in [-0.2, 0) is 14.3 Å². The Balaban J connectivity index is 3.54. The summed E-state index contributed by atoms with van der Waals surface area (Å²) in [4.78, 5) is 11.4. The largest absolute Gasteiger partial charge is 0.382 e. The van der Waals surface area contributed by atoms with E-state index in [0.29, 0.717) is 19.1 Å². The van der Waals surface area contributed by atoms with Crippen LogP contribution in [0.3, 0.4) is 0 Å². The van der Waals surface area contributed by atoms with E-state index in [0.717, 1.165) is 12.8 Å². The van der Waals surface area contributed by atoms with Gasteiger partial charge in [0.05, 0.1) is 13.2 Å². The van der Waals surface area contributed by atoms with Crippen LogP contribution in [0.25, 0.3) is 0 Å². The average molecular weight is 231 g/mol. The molecule has 0 aliphatic carbocycles. The van der Waals surface area contributed by atoms with Crippen LogP contribution < -0.4 is 5.32 Å². The van der Waals surface area contributed by atoms with Gasteiger partial charge < -0.3 is 14.8 Å². The van der Waals surface area contributed by atoms with Gasteiger partial charge in [0.25, 0.3) is 0 Å². The Morgan fingerprint density at radius 3 is 2.56 bits per heavy atom. The highest BCUT2D eigenvalue weighted by molar-refractivity contribution is 5.77. The van der Waals surface area contributed by atoms with Gasteiger partial charge in [0.1, 0.15) is 6.61 Å². The summed E-state index contributed by atoms with van der Waals surface area (Å²) in [7, 11) is 1.61. The normalized spacial score (nSPS) is 14.5. The molecule has 2 unspecified atom stereocenters. The fourth-order valence-electron chi connectivity index (χ4n) is 1.45. The molecule has 0 aromatic heterocycles. The van der Waals surface area contributed by atoms with E-state index in [9.17, 15) is 4.79 Å². The first-order valence-electron chi connectivity index (χ1n) is 5.96. The zero-order chi connectivity index (χ0) is 12.4. The molecule has 0 bridgehead atoms. The predicted molar refractivity (Wildman–Crippen MR) is 64.4 cm³/mol. The number of carbonyl (C=O) groups is 1. The third kappa shape index (κ3) is 8.68. The van der Waals surface area contributed by atoms with Crippen molar-refractivity contribution in [2.75, 3.05) is 26.9 Å². The molecule has 1 N–H and O–H groups in total. The van der Waals surface area contributed by atoms with E-state index in [4.69, 9.17) is 9.47 Å². The van der Waals surface area contributed by atoms with Gasteiger partial charge in [-0.2, -0.15) is 0 Å². The van der Waals surface area contributed by atoms with Crippen LogP contribution in [0, 0.1) is 5.92 Å². The van der Waals surface area contributed by atoms with E-state index >= 15 is 0 Å². The Morgan fingerprint density at radius 2 is 2.00 bits per heavy atom. The number of rotatable bonds is 9. The lowest BCUT2D eigenvalue weighted by atomic mass is 10.0. The lowest BCUT2D eigenvalue weighted by Crippen LogP contribution is -2.36. The Kier molecular flexibility index (Phi) is 9.24. The highest BCUT2D eigenvalue weighted by Crippen LogP contribution is 2.09. The minimum Gasteiger partial charge on any atom is -0.382 e. The Labute approximate surface area is 98.7 Å². The van der Waals surface area contributed by atoms with E-state index in [1.165, 1.54) is 0 Å². The molecule has 16 heavy (non-hydrogen) atoms. The average Bonchev–Trinajstić information content (AvgIpc) is 2.24. The molecule has 0 rings (SSSR count). The van der Waals surface area contributed by atoms with Crippen LogP contribution >= 0.6 is 0 Å². The molecule has 0 spiro atoms. The molecule has 0 fully saturated rings. The molecule has 0 aliphatic heterocycles. The van der Waals surface area contributed by atoms with Crippen molar-refractivity contribution in [2.24, 2.45) is 5.92 Å². The summed E-state index contributed by atoms with van der Waals surface area (Å²) in [5.41, 5.74) is 0. The minimum atomic E-state index is -0.0492. The number of amides is 1. The third-order valence-electron chi connectivity index (χ3n) is 2.53. The van der Waals surface area contributed by atoms with Gasteiger partial charge in [-0.3, -0.25) is 4.79 Å². The molecule has 0 radical (unpaired) electrons. The highest BCUT2D eigenvalue weighted by Gasteiger charge is 2.10. The Bertz CT molecular complexity index is 185. The molecule has 0 aromatic carbocycles. The second kappa shape index (κ2) is 9.60. The standard InChI is InChI=1S/C12H25NO3/c1-5-10(2)8-11(3)13-12(14)9-16-7-6-15-4/h10-11H,5-9H2,1-4H3,(H,13,14). The smallest absolute Gasteiger partial charge is 0.246 e. The lowest BCUT2D eigenvalue weighted by Gasteiger charge is -2.17. The molecule has 0 heterocycles. The number of methoxy groups -OCH3 is 1. The van der Waals surface area contributed by atoms with Gasteiger partial charge >= 0.3 is 0 Å². The molecule has 2 atom stereocenters. The van der Waals surface area contributed by atoms with Gasteiger partial charge in [-0.05, 0) is 19.3 Å². The first kappa shape index (κ1) is 15.4. The quantitative estimate of drug-likeness (QED) is 0.613. The van der Waals surface area contributed by atoms with Crippen molar-refractivity contribution in [3.63, 3.8) is 0 Å². The van der Waals surface area contributed by atoms with Crippen LogP contribution in [0.5, 0.6) is 0 Å². The number of hydrogen-bond acceptors (Lipinski definition) is 3. The van der Waals surface area contributed by atoms with E-state index in [2.05, 4.69) is 19.2 Å². The van der Waals surface area contributed by atoms with E-state index in [1.807, 2.05) is 6.92 Å². The monoisotopic (exact) mass is 231 g/mol. The topological polar surface area (TPSA) is 47.6 Å². The lowest BCUT2D eigenvalue weighted by molar-refractivity contribution is -0.126. The van der Waals surface area contributed by atoms with Crippen molar-refractivity contribution in [1.29, 1.82) is 0 Å². The first-order valence-corrected chi connectivity index (χ1v) is 5.96. The van der Waals surface area contributed by atoms with Crippen LogP contribution in [0.1, 0.15) is 33.6 Å². The molecular formula is C12H25NO3. The maximum Gasteiger partial charge on any atom is 0.246 e. The van der Waals surface area contributed by atoms with Gasteiger partial charge in [0.15, 0.2) is 0 Å². The van der Waals surface area contributed by atoms with E-state index in [-0.39, 0.29) is 18.6 Å². The van der Waals surface area contributed by atoms with Crippen molar-refractivity contribution < 1.29 is 14.3 Å². The number of hydrogen-bond donors (Lipinski definition) is 1. The molecule has 0 saturated heterocycles. The van der Waals surface area contributed by atoms with Crippen molar-refractivity contribution >= 4 is 5.91 Å². The predicted octanol–water partition coefficient (Wildman–Crippen LogP) is 1.59. The zero-order valence-corrected chi connectivity index (χ0v) is 10.9. The molecule has 0 saturated carbocycles. The van der Waals surface area contributed by atoms with Crippen molar-refractivity contribution in [2.45, 2.75) is 39.7 Å². The van der Waals surface area contributed by atoms with E-state index < -0.39 is 0 Å². The Morgan fingerprint density at radius 1 is 1.31 bits per heavy atom.